The van der Waals surface area contributed by atoms with Crippen LogP contribution in [0, 0.1) is 0 Å². The highest BCUT2D eigenvalue weighted by molar-refractivity contribution is 5.97. The molecule has 0 heterocycles. The third-order valence-electron chi connectivity index (χ3n) is 2.28. The first-order chi connectivity index (χ1) is 8.06. The molecule has 5 nitrogen and oxygen atoms in total. The van der Waals surface area contributed by atoms with Gasteiger partial charge >= 0.3 is 5.97 Å². The number of hydrogen-bond acceptors (Lipinski definition) is 3. The summed E-state index contributed by atoms with van der Waals surface area (Å²) in [7, 11) is 1.54. The maximum atomic E-state index is 11.8. The number of hydrogen-bond donors (Lipinski definition) is 2. The number of carbonyl (C=O) groups is 2. The summed E-state index contributed by atoms with van der Waals surface area (Å²) in [5.74, 6) is -1.48. The summed E-state index contributed by atoms with van der Waals surface area (Å²) in [4.78, 5) is 22.5. The van der Waals surface area contributed by atoms with E-state index in [-0.39, 0.29) is 0 Å². The van der Waals surface area contributed by atoms with Crippen LogP contribution in [0.1, 0.15) is 22.8 Å². The Balaban J connectivity index is 2.84. The van der Waals surface area contributed by atoms with Gasteiger partial charge in [0.15, 0.2) is 0 Å². The third-order valence-corrected chi connectivity index (χ3v) is 2.28. The van der Waals surface area contributed by atoms with Gasteiger partial charge < -0.3 is 15.2 Å². The minimum absolute atomic E-state index is 0.311. The van der Waals surface area contributed by atoms with Crippen molar-refractivity contribution >= 4 is 11.9 Å². The van der Waals surface area contributed by atoms with Gasteiger partial charge in [0, 0.05) is 12.7 Å². The molecule has 0 aliphatic carbocycles. The normalized spacial score (nSPS) is 11.9. The van der Waals surface area contributed by atoms with E-state index in [1.165, 1.54) is 14.0 Å². The standard InChI is InChI=1S/C12H15NO4/c1-8(12(15)16)13-11(14)10-6-4-3-5-9(10)7-17-2/h3-6,8H,7H2,1-2H3,(H,13,14)(H,15,16). The Hall–Kier alpha value is -1.88. The van der Waals surface area contributed by atoms with Crippen LogP contribution in [0.25, 0.3) is 0 Å². The fourth-order valence-corrected chi connectivity index (χ4v) is 1.36. The van der Waals surface area contributed by atoms with Crippen molar-refractivity contribution < 1.29 is 19.4 Å². The molecule has 1 aromatic carbocycles. The monoisotopic (exact) mass is 237 g/mol. The van der Waals surface area contributed by atoms with Crippen LogP contribution in [0.4, 0.5) is 0 Å². The van der Waals surface area contributed by atoms with Crippen LogP contribution in [-0.2, 0) is 16.1 Å². The number of carboxylic acids is 1. The van der Waals surface area contributed by atoms with Crippen molar-refractivity contribution in [2.75, 3.05) is 7.11 Å². The molecule has 0 aliphatic rings. The first-order valence-electron chi connectivity index (χ1n) is 5.16. The molecular weight excluding hydrogens is 222 g/mol. The second-order valence-corrected chi connectivity index (χ2v) is 3.62. The zero-order valence-corrected chi connectivity index (χ0v) is 9.77. The first-order valence-corrected chi connectivity index (χ1v) is 5.16. The molecule has 0 aromatic heterocycles. The minimum Gasteiger partial charge on any atom is -0.480 e. The summed E-state index contributed by atoms with van der Waals surface area (Å²) >= 11 is 0. The van der Waals surface area contributed by atoms with E-state index in [1.807, 2.05) is 0 Å². The van der Waals surface area contributed by atoms with Gasteiger partial charge in [0.1, 0.15) is 6.04 Å². The number of aliphatic carboxylic acids is 1. The molecule has 0 fully saturated rings. The Kier molecular flexibility index (Phi) is 4.66. The SMILES string of the molecule is COCc1ccccc1C(=O)NC(C)C(=O)O. The molecule has 1 amide bonds. The first kappa shape index (κ1) is 13.2. The average Bonchev–Trinajstić information content (AvgIpc) is 2.29. The fraction of sp³-hybridized carbons (Fsp3) is 0.333. The number of carboxylic acid groups (broad SMARTS) is 1. The van der Waals surface area contributed by atoms with E-state index < -0.39 is 17.9 Å². The summed E-state index contributed by atoms with van der Waals surface area (Å²) in [5.41, 5.74) is 1.16. The van der Waals surface area contributed by atoms with Crippen molar-refractivity contribution in [3.05, 3.63) is 35.4 Å². The van der Waals surface area contributed by atoms with Crippen molar-refractivity contribution in [1.29, 1.82) is 0 Å². The third kappa shape index (κ3) is 3.57. The molecule has 0 saturated heterocycles. The zero-order chi connectivity index (χ0) is 12.8. The predicted molar refractivity (Wildman–Crippen MR) is 61.7 cm³/mol. The lowest BCUT2D eigenvalue weighted by Gasteiger charge is -2.12. The molecule has 0 saturated carbocycles. The quantitative estimate of drug-likeness (QED) is 0.802. The van der Waals surface area contributed by atoms with Gasteiger partial charge in [-0.25, -0.2) is 0 Å². The smallest absolute Gasteiger partial charge is 0.325 e. The van der Waals surface area contributed by atoms with E-state index in [4.69, 9.17) is 9.84 Å². The summed E-state index contributed by atoms with van der Waals surface area (Å²) in [6, 6.07) is 6.01. The van der Waals surface area contributed by atoms with Gasteiger partial charge in [-0.2, -0.15) is 0 Å². The van der Waals surface area contributed by atoms with Gasteiger partial charge in [0.2, 0.25) is 0 Å². The zero-order valence-electron chi connectivity index (χ0n) is 9.77. The van der Waals surface area contributed by atoms with E-state index in [9.17, 15) is 9.59 Å². The lowest BCUT2D eigenvalue weighted by atomic mass is 10.1. The average molecular weight is 237 g/mol. The molecular formula is C12H15NO4. The number of benzene rings is 1. The van der Waals surface area contributed by atoms with Gasteiger partial charge in [-0.05, 0) is 18.6 Å². The molecule has 2 N–H and O–H groups in total. The lowest BCUT2D eigenvalue weighted by Crippen LogP contribution is -2.38. The van der Waals surface area contributed by atoms with Gasteiger partial charge in [0.05, 0.1) is 6.61 Å². The van der Waals surface area contributed by atoms with Gasteiger partial charge in [0.25, 0.3) is 5.91 Å². The highest BCUT2D eigenvalue weighted by Gasteiger charge is 2.17. The van der Waals surface area contributed by atoms with Gasteiger partial charge in [-0.1, -0.05) is 18.2 Å². The van der Waals surface area contributed by atoms with Gasteiger partial charge in [-0.3, -0.25) is 9.59 Å². The Morgan fingerprint density at radius 2 is 2.06 bits per heavy atom. The molecule has 1 rings (SSSR count). The van der Waals surface area contributed by atoms with Crippen LogP contribution in [0.3, 0.4) is 0 Å². The molecule has 0 spiro atoms. The predicted octanol–water partition coefficient (Wildman–Crippen LogP) is 1.04. The largest absolute Gasteiger partial charge is 0.480 e. The molecule has 1 atom stereocenters. The van der Waals surface area contributed by atoms with Crippen LogP contribution < -0.4 is 5.32 Å². The van der Waals surface area contributed by atoms with E-state index in [2.05, 4.69) is 5.32 Å². The highest BCUT2D eigenvalue weighted by Crippen LogP contribution is 2.10. The second kappa shape index (κ2) is 6.00. The maximum Gasteiger partial charge on any atom is 0.325 e. The van der Waals surface area contributed by atoms with Crippen molar-refractivity contribution in [1.82, 2.24) is 5.32 Å². The lowest BCUT2D eigenvalue weighted by molar-refractivity contribution is -0.138. The molecule has 0 aliphatic heterocycles. The van der Waals surface area contributed by atoms with Crippen LogP contribution in [0.2, 0.25) is 0 Å². The summed E-state index contributed by atoms with van der Waals surface area (Å²) in [6.45, 7) is 1.73. The van der Waals surface area contributed by atoms with Gasteiger partial charge in [-0.15, -0.1) is 0 Å². The summed E-state index contributed by atoms with van der Waals surface area (Å²) in [5, 5.41) is 11.1. The molecule has 1 unspecified atom stereocenters. The molecule has 92 valence electrons. The molecule has 17 heavy (non-hydrogen) atoms. The second-order valence-electron chi connectivity index (χ2n) is 3.62. The van der Waals surface area contributed by atoms with Crippen molar-refractivity contribution in [3.8, 4) is 0 Å². The Morgan fingerprint density at radius 3 is 2.65 bits per heavy atom. The topological polar surface area (TPSA) is 75.6 Å². The summed E-state index contributed by atoms with van der Waals surface area (Å²) in [6.07, 6.45) is 0. The molecule has 5 heteroatoms. The van der Waals surface area contributed by atoms with E-state index in [1.54, 1.807) is 24.3 Å². The van der Waals surface area contributed by atoms with Crippen molar-refractivity contribution in [2.24, 2.45) is 0 Å². The number of amides is 1. The number of nitrogens with one attached hydrogen (secondary N) is 1. The van der Waals surface area contributed by atoms with E-state index >= 15 is 0 Å². The number of ether oxygens (including phenoxy) is 1. The van der Waals surface area contributed by atoms with Crippen LogP contribution >= 0.6 is 0 Å². The van der Waals surface area contributed by atoms with E-state index in [0.717, 1.165) is 5.56 Å². The fourth-order valence-electron chi connectivity index (χ4n) is 1.36. The molecule has 1 aromatic rings. The highest BCUT2D eigenvalue weighted by atomic mass is 16.5. The van der Waals surface area contributed by atoms with Crippen molar-refractivity contribution in [2.45, 2.75) is 19.6 Å². The molecule has 0 bridgehead atoms. The Bertz CT molecular complexity index is 417. The van der Waals surface area contributed by atoms with Crippen LogP contribution in [0.5, 0.6) is 0 Å². The maximum absolute atomic E-state index is 11.8. The Morgan fingerprint density at radius 1 is 1.41 bits per heavy atom. The van der Waals surface area contributed by atoms with Crippen LogP contribution in [-0.4, -0.2) is 30.1 Å². The summed E-state index contributed by atoms with van der Waals surface area (Å²) < 4.78 is 4.97. The van der Waals surface area contributed by atoms with Crippen LogP contribution in [0.15, 0.2) is 24.3 Å². The Labute approximate surface area is 99.4 Å². The number of rotatable bonds is 5. The number of methoxy groups -OCH3 is 1. The van der Waals surface area contributed by atoms with E-state index in [0.29, 0.717) is 12.2 Å². The minimum atomic E-state index is -1.07. The van der Waals surface area contributed by atoms with Crippen molar-refractivity contribution in [3.63, 3.8) is 0 Å². The molecule has 0 radical (unpaired) electrons. The number of carbonyl (C=O) groups excluding carboxylic acids is 1.